The lowest BCUT2D eigenvalue weighted by molar-refractivity contribution is -0.0373. The second kappa shape index (κ2) is 7.29. The number of rotatable bonds is 5. The topological polar surface area (TPSA) is 66.9 Å². The molecule has 1 saturated heterocycles. The Kier molecular flexibility index (Phi) is 4.91. The van der Waals surface area contributed by atoms with Gasteiger partial charge in [-0.05, 0) is 12.8 Å². The van der Waals surface area contributed by atoms with Crippen molar-refractivity contribution in [2.24, 2.45) is 0 Å². The highest BCUT2D eigenvalue weighted by Crippen LogP contribution is 2.35. The third-order valence-corrected chi connectivity index (χ3v) is 6.04. The normalized spacial score (nSPS) is 23.1. The molecule has 1 atom stereocenters. The van der Waals surface area contributed by atoms with E-state index in [0.717, 1.165) is 44.3 Å². The first kappa shape index (κ1) is 16.2. The number of hydrogen-bond donors (Lipinski definition) is 1. The second-order valence-corrected chi connectivity index (χ2v) is 7.64. The van der Waals surface area contributed by atoms with Crippen molar-refractivity contribution in [3.63, 3.8) is 0 Å². The van der Waals surface area contributed by atoms with Gasteiger partial charge in [-0.15, -0.1) is 11.3 Å². The standard InChI is InChI=1S/C17H25N5OS/c1-2-15-19-16(21-20-15)14-10-22(7-8-23-14)9-13-11-24-17(18-13)12-5-3-4-6-12/h11-12,14H,2-10H2,1H3,(H,19,20,21). The van der Waals surface area contributed by atoms with Gasteiger partial charge in [-0.3, -0.25) is 10.00 Å². The zero-order valence-corrected chi connectivity index (χ0v) is 15.0. The summed E-state index contributed by atoms with van der Waals surface area (Å²) in [5.74, 6) is 2.41. The zero-order chi connectivity index (χ0) is 16.4. The number of thiazole rings is 1. The first-order valence-electron chi connectivity index (χ1n) is 9.01. The molecule has 0 spiro atoms. The first-order chi connectivity index (χ1) is 11.8. The Hall–Kier alpha value is -1.31. The van der Waals surface area contributed by atoms with E-state index in [1.165, 1.54) is 36.4 Å². The summed E-state index contributed by atoms with van der Waals surface area (Å²) in [4.78, 5) is 11.8. The van der Waals surface area contributed by atoms with Crippen molar-refractivity contribution >= 4 is 11.3 Å². The number of nitrogens with zero attached hydrogens (tertiary/aromatic N) is 4. The Bertz CT molecular complexity index is 663. The minimum Gasteiger partial charge on any atom is -0.367 e. The summed E-state index contributed by atoms with van der Waals surface area (Å²) >= 11 is 1.84. The number of nitrogens with one attached hydrogen (secondary N) is 1. The van der Waals surface area contributed by atoms with Gasteiger partial charge in [-0.2, -0.15) is 5.10 Å². The van der Waals surface area contributed by atoms with Crippen molar-refractivity contribution in [2.45, 2.75) is 57.6 Å². The summed E-state index contributed by atoms with van der Waals surface area (Å²) in [5.41, 5.74) is 1.20. The van der Waals surface area contributed by atoms with E-state index in [4.69, 9.17) is 9.72 Å². The van der Waals surface area contributed by atoms with Crippen LogP contribution in [-0.2, 0) is 17.7 Å². The minimum atomic E-state index is -0.0387. The van der Waals surface area contributed by atoms with Crippen LogP contribution in [0.2, 0.25) is 0 Å². The van der Waals surface area contributed by atoms with Crippen molar-refractivity contribution in [3.05, 3.63) is 27.7 Å². The molecule has 0 bridgehead atoms. The number of aryl methyl sites for hydroxylation is 1. The molecule has 3 heterocycles. The maximum absolute atomic E-state index is 5.87. The average molecular weight is 347 g/mol. The van der Waals surface area contributed by atoms with Crippen molar-refractivity contribution in [1.29, 1.82) is 0 Å². The van der Waals surface area contributed by atoms with Crippen molar-refractivity contribution in [3.8, 4) is 0 Å². The molecule has 1 aliphatic carbocycles. The quantitative estimate of drug-likeness (QED) is 0.900. The number of ether oxygens (including phenoxy) is 1. The molecule has 2 aromatic heterocycles. The molecule has 2 aliphatic rings. The maximum Gasteiger partial charge on any atom is 0.180 e. The molecule has 7 heteroatoms. The Morgan fingerprint density at radius 3 is 3.00 bits per heavy atom. The van der Waals surface area contributed by atoms with Gasteiger partial charge in [0.2, 0.25) is 0 Å². The van der Waals surface area contributed by atoms with Crippen molar-refractivity contribution in [2.75, 3.05) is 19.7 Å². The highest BCUT2D eigenvalue weighted by Gasteiger charge is 2.26. The molecular formula is C17H25N5OS. The third kappa shape index (κ3) is 3.53. The van der Waals surface area contributed by atoms with Gasteiger partial charge in [0.1, 0.15) is 11.9 Å². The van der Waals surface area contributed by atoms with Crippen LogP contribution >= 0.6 is 11.3 Å². The van der Waals surface area contributed by atoms with Gasteiger partial charge in [-0.25, -0.2) is 9.97 Å². The number of aromatic nitrogens is 4. The van der Waals surface area contributed by atoms with Crippen molar-refractivity contribution < 1.29 is 4.74 Å². The van der Waals surface area contributed by atoms with Gasteiger partial charge in [0, 0.05) is 37.4 Å². The largest absolute Gasteiger partial charge is 0.367 e. The van der Waals surface area contributed by atoms with Crippen LogP contribution in [0.5, 0.6) is 0 Å². The van der Waals surface area contributed by atoms with Gasteiger partial charge in [0.25, 0.3) is 0 Å². The fourth-order valence-corrected chi connectivity index (χ4v) is 4.58. The van der Waals surface area contributed by atoms with Gasteiger partial charge >= 0.3 is 0 Å². The van der Waals surface area contributed by atoms with Crippen molar-refractivity contribution in [1.82, 2.24) is 25.1 Å². The van der Waals surface area contributed by atoms with E-state index >= 15 is 0 Å². The van der Waals surface area contributed by atoms with Gasteiger partial charge in [0.05, 0.1) is 17.3 Å². The monoisotopic (exact) mass is 347 g/mol. The molecule has 2 aromatic rings. The Labute approximate surface area is 146 Å². The molecule has 1 N–H and O–H groups in total. The second-order valence-electron chi connectivity index (χ2n) is 6.75. The van der Waals surface area contributed by atoms with Crippen LogP contribution in [0.25, 0.3) is 0 Å². The summed E-state index contributed by atoms with van der Waals surface area (Å²) in [7, 11) is 0. The summed E-state index contributed by atoms with van der Waals surface area (Å²) in [6.07, 6.45) is 6.19. The molecule has 0 amide bonds. The van der Waals surface area contributed by atoms with E-state index in [1.807, 2.05) is 11.3 Å². The first-order valence-corrected chi connectivity index (χ1v) is 9.89. The highest BCUT2D eigenvalue weighted by molar-refractivity contribution is 7.09. The third-order valence-electron chi connectivity index (χ3n) is 4.98. The molecule has 0 aromatic carbocycles. The number of hydrogen-bond acceptors (Lipinski definition) is 6. The number of morpholine rings is 1. The van der Waals surface area contributed by atoms with Crippen LogP contribution in [0.1, 0.15) is 67.0 Å². The highest BCUT2D eigenvalue weighted by atomic mass is 32.1. The van der Waals surface area contributed by atoms with Gasteiger partial charge in [0.15, 0.2) is 5.82 Å². The Morgan fingerprint density at radius 1 is 1.33 bits per heavy atom. The Morgan fingerprint density at radius 2 is 2.21 bits per heavy atom. The Balaban J connectivity index is 1.37. The van der Waals surface area contributed by atoms with E-state index in [-0.39, 0.29) is 6.10 Å². The number of aromatic amines is 1. The van der Waals surface area contributed by atoms with Crippen LogP contribution < -0.4 is 0 Å². The molecule has 130 valence electrons. The molecular weight excluding hydrogens is 322 g/mol. The smallest absolute Gasteiger partial charge is 0.180 e. The van der Waals surface area contributed by atoms with Gasteiger partial charge < -0.3 is 4.74 Å². The van der Waals surface area contributed by atoms with Crippen LogP contribution in [0.4, 0.5) is 0 Å². The molecule has 1 aliphatic heterocycles. The average Bonchev–Trinajstić information content (AvgIpc) is 3.36. The molecule has 1 saturated carbocycles. The fraction of sp³-hybridized carbons (Fsp3) is 0.706. The van der Waals surface area contributed by atoms with E-state index in [0.29, 0.717) is 5.92 Å². The van der Waals surface area contributed by atoms with E-state index in [1.54, 1.807) is 0 Å². The summed E-state index contributed by atoms with van der Waals surface area (Å²) in [6.45, 7) is 5.46. The lowest BCUT2D eigenvalue weighted by Crippen LogP contribution is -2.38. The fourth-order valence-electron chi connectivity index (χ4n) is 3.60. The predicted molar refractivity (Wildman–Crippen MR) is 93.1 cm³/mol. The molecule has 0 radical (unpaired) electrons. The minimum absolute atomic E-state index is 0.0387. The van der Waals surface area contributed by atoms with E-state index in [9.17, 15) is 0 Å². The van der Waals surface area contributed by atoms with Crippen LogP contribution in [0, 0.1) is 0 Å². The van der Waals surface area contributed by atoms with Crippen LogP contribution in [-0.4, -0.2) is 44.8 Å². The van der Waals surface area contributed by atoms with Gasteiger partial charge in [-0.1, -0.05) is 19.8 Å². The van der Waals surface area contributed by atoms with Crippen LogP contribution in [0.15, 0.2) is 5.38 Å². The summed E-state index contributed by atoms with van der Waals surface area (Å²) in [6, 6.07) is 0. The molecule has 24 heavy (non-hydrogen) atoms. The zero-order valence-electron chi connectivity index (χ0n) is 14.2. The molecule has 2 fully saturated rings. The van der Waals surface area contributed by atoms with E-state index < -0.39 is 0 Å². The summed E-state index contributed by atoms with van der Waals surface area (Å²) in [5, 5.41) is 10.9. The summed E-state index contributed by atoms with van der Waals surface area (Å²) < 4.78 is 5.87. The molecule has 4 rings (SSSR count). The lowest BCUT2D eigenvalue weighted by Gasteiger charge is -2.31. The van der Waals surface area contributed by atoms with E-state index in [2.05, 4.69) is 32.4 Å². The predicted octanol–water partition coefficient (Wildman–Crippen LogP) is 3.05. The lowest BCUT2D eigenvalue weighted by atomic mass is 10.1. The number of H-pyrrole nitrogens is 1. The molecule has 1 unspecified atom stereocenters. The maximum atomic E-state index is 5.87. The van der Waals surface area contributed by atoms with Crippen LogP contribution in [0.3, 0.4) is 0 Å². The molecule has 6 nitrogen and oxygen atoms in total. The SMILES string of the molecule is CCc1nc(C2CN(Cc3csc(C4CCCC4)n3)CCO2)n[nH]1.